The first kappa shape index (κ1) is 11.4. The van der Waals surface area contributed by atoms with E-state index in [0.717, 1.165) is 0 Å². The summed E-state index contributed by atoms with van der Waals surface area (Å²) in [7, 11) is 0. The lowest BCUT2D eigenvalue weighted by Gasteiger charge is -2.17. The lowest BCUT2D eigenvalue weighted by molar-refractivity contribution is -0.131. The van der Waals surface area contributed by atoms with E-state index in [9.17, 15) is 9.90 Å². The first-order valence-corrected chi connectivity index (χ1v) is 4.90. The Morgan fingerprint density at radius 2 is 2.36 bits per heavy atom. The quantitative estimate of drug-likeness (QED) is 0.612. The third-order valence-corrected chi connectivity index (χ3v) is 2.32. The van der Waals surface area contributed by atoms with Crippen LogP contribution in [0.1, 0.15) is 13.8 Å². The first-order valence-electron chi connectivity index (χ1n) is 4.90. The summed E-state index contributed by atoms with van der Waals surface area (Å²) in [5.41, 5.74) is 5.47. The van der Waals surface area contributed by atoms with Crippen molar-refractivity contribution in [2.75, 3.05) is 19.7 Å². The Balaban J connectivity index is 2.49. The monoisotopic (exact) mass is 202 g/mol. The molecule has 3 atom stereocenters. The number of β-amino-alcohol motifs (C(OH)–C–C–N with tert-alkyl or cyclic N) is 1. The molecule has 1 heterocycles. The van der Waals surface area contributed by atoms with E-state index in [2.05, 4.69) is 0 Å². The number of likely N-dealkylation sites (tertiary alicyclic amines) is 1. The van der Waals surface area contributed by atoms with Gasteiger partial charge in [-0.2, -0.15) is 0 Å². The molecule has 5 nitrogen and oxygen atoms in total. The molecule has 82 valence electrons. The maximum absolute atomic E-state index is 11.5. The second kappa shape index (κ2) is 4.72. The molecule has 0 radical (unpaired) electrons. The summed E-state index contributed by atoms with van der Waals surface area (Å²) in [5.74, 6) is -0.133. The molecule has 0 aromatic rings. The molecule has 1 rings (SSSR count). The van der Waals surface area contributed by atoms with Gasteiger partial charge in [-0.3, -0.25) is 4.79 Å². The van der Waals surface area contributed by atoms with Crippen LogP contribution in [0.3, 0.4) is 0 Å². The average Bonchev–Trinajstić information content (AvgIpc) is 2.47. The largest absolute Gasteiger partial charge is 0.388 e. The molecule has 0 bridgehead atoms. The van der Waals surface area contributed by atoms with Gasteiger partial charge in [-0.15, -0.1) is 0 Å². The van der Waals surface area contributed by atoms with Crippen LogP contribution in [0.25, 0.3) is 0 Å². The van der Waals surface area contributed by atoms with Crippen LogP contribution in [0.2, 0.25) is 0 Å². The molecule has 1 aliphatic rings. The van der Waals surface area contributed by atoms with Crippen molar-refractivity contribution in [1.82, 2.24) is 4.90 Å². The van der Waals surface area contributed by atoms with Crippen LogP contribution < -0.4 is 5.73 Å². The molecule has 3 N–H and O–H groups in total. The summed E-state index contributed by atoms with van der Waals surface area (Å²) in [6, 6.07) is -0.512. The number of ether oxygens (including phenoxy) is 1. The van der Waals surface area contributed by atoms with E-state index in [1.807, 2.05) is 6.92 Å². The van der Waals surface area contributed by atoms with Crippen LogP contribution in [-0.4, -0.2) is 53.9 Å². The summed E-state index contributed by atoms with van der Waals surface area (Å²) >= 11 is 0. The predicted octanol–water partition coefficient (Wildman–Crippen LogP) is -1.06. The zero-order chi connectivity index (χ0) is 10.7. The van der Waals surface area contributed by atoms with Gasteiger partial charge in [0.2, 0.25) is 5.91 Å². The molecule has 1 saturated heterocycles. The van der Waals surface area contributed by atoms with Gasteiger partial charge in [0.25, 0.3) is 0 Å². The maximum atomic E-state index is 11.5. The third-order valence-electron chi connectivity index (χ3n) is 2.32. The van der Waals surface area contributed by atoms with Gasteiger partial charge >= 0.3 is 0 Å². The summed E-state index contributed by atoms with van der Waals surface area (Å²) < 4.78 is 5.29. The number of aliphatic hydroxyl groups is 1. The minimum Gasteiger partial charge on any atom is -0.388 e. The second-order valence-corrected chi connectivity index (χ2v) is 3.59. The molecule has 14 heavy (non-hydrogen) atoms. The summed E-state index contributed by atoms with van der Waals surface area (Å²) in [6.07, 6.45) is -0.847. The van der Waals surface area contributed by atoms with Crippen molar-refractivity contribution in [1.29, 1.82) is 0 Å². The zero-order valence-electron chi connectivity index (χ0n) is 8.64. The Labute approximate surface area is 83.8 Å². The molecule has 0 unspecified atom stereocenters. The van der Waals surface area contributed by atoms with Gasteiger partial charge in [-0.1, -0.05) is 0 Å². The predicted molar refractivity (Wildman–Crippen MR) is 51.7 cm³/mol. The smallest absolute Gasteiger partial charge is 0.239 e. The Morgan fingerprint density at radius 1 is 1.71 bits per heavy atom. The molecule has 0 aromatic heterocycles. The number of carbonyl (C=O) groups excluding carboxylic acids is 1. The van der Waals surface area contributed by atoms with Crippen molar-refractivity contribution in [2.24, 2.45) is 5.73 Å². The Hall–Kier alpha value is -0.650. The van der Waals surface area contributed by atoms with Crippen molar-refractivity contribution >= 4 is 5.91 Å². The highest BCUT2D eigenvalue weighted by Crippen LogP contribution is 2.14. The zero-order valence-corrected chi connectivity index (χ0v) is 8.64. The molecule has 0 aromatic carbocycles. The number of aliphatic hydroxyl groups excluding tert-OH is 1. The summed E-state index contributed by atoms with van der Waals surface area (Å²) in [6.45, 7) is 4.81. The second-order valence-electron chi connectivity index (χ2n) is 3.59. The molecule has 1 amide bonds. The molecular formula is C9H18N2O3. The van der Waals surface area contributed by atoms with E-state index in [1.165, 1.54) is 0 Å². The van der Waals surface area contributed by atoms with Crippen LogP contribution in [0.15, 0.2) is 0 Å². The highest BCUT2D eigenvalue weighted by atomic mass is 16.5. The van der Waals surface area contributed by atoms with Gasteiger partial charge in [0, 0.05) is 19.7 Å². The fourth-order valence-corrected chi connectivity index (χ4v) is 1.60. The molecule has 0 aliphatic carbocycles. The van der Waals surface area contributed by atoms with Crippen LogP contribution in [0.4, 0.5) is 0 Å². The van der Waals surface area contributed by atoms with E-state index in [1.54, 1.807) is 11.8 Å². The molecule has 5 heteroatoms. The van der Waals surface area contributed by atoms with Crippen molar-refractivity contribution in [3.8, 4) is 0 Å². The minimum atomic E-state index is -0.586. The Kier molecular flexibility index (Phi) is 3.86. The third kappa shape index (κ3) is 2.43. The van der Waals surface area contributed by atoms with E-state index >= 15 is 0 Å². The number of hydrogen-bond acceptors (Lipinski definition) is 4. The van der Waals surface area contributed by atoms with Crippen molar-refractivity contribution in [2.45, 2.75) is 32.1 Å². The minimum absolute atomic E-state index is 0.133. The highest BCUT2D eigenvalue weighted by molar-refractivity contribution is 5.81. The highest BCUT2D eigenvalue weighted by Gasteiger charge is 2.35. The number of nitrogens with two attached hydrogens (primary N) is 1. The number of nitrogens with zero attached hydrogens (tertiary/aromatic N) is 1. The van der Waals surface area contributed by atoms with E-state index in [-0.39, 0.29) is 12.0 Å². The molecular weight excluding hydrogens is 184 g/mol. The first-order chi connectivity index (χ1) is 6.56. The SMILES string of the molecule is CCO[C@@H]1CN(C(=O)[C@H](C)N)C[C@@H]1O. The van der Waals surface area contributed by atoms with Crippen molar-refractivity contribution < 1.29 is 14.6 Å². The summed E-state index contributed by atoms with van der Waals surface area (Å²) in [4.78, 5) is 13.0. The lowest BCUT2D eigenvalue weighted by Crippen LogP contribution is -2.41. The van der Waals surface area contributed by atoms with Crippen LogP contribution in [0, 0.1) is 0 Å². The van der Waals surface area contributed by atoms with E-state index < -0.39 is 12.1 Å². The van der Waals surface area contributed by atoms with E-state index in [0.29, 0.717) is 19.7 Å². The molecule has 0 spiro atoms. The Bertz CT molecular complexity index is 208. The lowest BCUT2D eigenvalue weighted by atomic mass is 10.3. The topological polar surface area (TPSA) is 75.8 Å². The van der Waals surface area contributed by atoms with Gasteiger partial charge in [-0.05, 0) is 13.8 Å². The van der Waals surface area contributed by atoms with Crippen LogP contribution in [-0.2, 0) is 9.53 Å². The Morgan fingerprint density at radius 3 is 2.86 bits per heavy atom. The van der Waals surface area contributed by atoms with Crippen LogP contribution in [0.5, 0.6) is 0 Å². The fraction of sp³-hybridized carbons (Fsp3) is 0.889. The fourth-order valence-electron chi connectivity index (χ4n) is 1.60. The number of rotatable bonds is 3. The van der Waals surface area contributed by atoms with E-state index in [4.69, 9.17) is 10.5 Å². The van der Waals surface area contributed by atoms with Gasteiger partial charge in [-0.25, -0.2) is 0 Å². The van der Waals surface area contributed by atoms with Crippen LogP contribution >= 0.6 is 0 Å². The summed E-state index contributed by atoms with van der Waals surface area (Å²) in [5, 5.41) is 9.56. The maximum Gasteiger partial charge on any atom is 0.239 e. The standard InChI is InChI=1S/C9H18N2O3/c1-3-14-8-5-11(4-7(8)12)9(13)6(2)10/h6-8,12H,3-5,10H2,1-2H3/t6-,7-,8+/m0/s1. The molecule has 1 fully saturated rings. The van der Waals surface area contributed by atoms with Crippen molar-refractivity contribution in [3.63, 3.8) is 0 Å². The van der Waals surface area contributed by atoms with Gasteiger partial charge in [0.05, 0.1) is 12.1 Å². The normalized spacial score (nSPS) is 29.3. The molecule has 1 aliphatic heterocycles. The van der Waals surface area contributed by atoms with Crippen molar-refractivity contribution in [3.05, 3.63) is 0 Å². The number of carbonyl (C=O) groups is 1. The van der Waals surface area contributed by atoms with Gasteiger partial charge < -0.3 is 20.5 Å². The molecule has 0 saturated carbocycles. The number of hydrogen-bond donors (Lipinski definition) is 2. The van der Waals surface area contributed by atoms with Gasteiger partial charge in [0.15, 0.2) is 0 Å². The van der Waals surface area contributed by atoms with Gasteiger partial charge in [0.1, 0.15) is 6.10 Å². The average molecular weight is 202 g/mol. The number of amides is 1.